The predicted octanol–water partition coefficient (Wildman–Crippen LogP) is 1.19. The molecule has 4 heteroatoms. The van der Waals surface area contributed by atoms with Crippen LogP contribution in [-0.2, 0) is 4.79 Å². The molecule has 0 spiro atoms. The first-order chi connectivity index (χ1) is 6.53. The van der Waals surface area contributed by atoms with Crippen molar-refractivity contribution in [2.75, 3.05) is 19.6 Å². The van der Waals surface area contributed by atoms with Crippen LogP contribution in [0.1, 0.15) is 34.1 Å². The molecule has 86 valence electrons. The van der Waals surface area contributed by atoms with Crippen LogP contribution in [0.3, 0.4) is 0 Å². The van der Waals surface area contributed by atoms with E-state index in [1.807, 2.05) is 0 Å². The van der Waals surface area contributed by atoms with E-state index in [9.17, 15) is 4.79 Å². The van der Waals surface area contributed by atoms with Gasteiger partial charge in [0.2, 0.25) is 0 Å². The molecule has 0 aromatic heterocycles. The average Bonchev–Trinajstić information content (AvgIpc) is 2.20. The molecule has 4 nitrogen and oxygen atoms in total. The van der Waals surface area contributed by atoms with Gasteiger partial charge in [-0.25, -0.2) is 4.79 Å². The number of carboxylic acid groups (broad SMARTS) is 1. The van der Waals surface area contributed by atoms with E-state index in [0.29, 0.717) is 0 Å². The van der Waals surface area contributed by atoms with Crippen LogP contribution < -0.4 is 0 Å². The lowest BCUT2D eigenvalue weighted by molar-refractivity contribution is -0.146. The van der Waals surface area contributed by atoms with Gasteiger partial charge in [0.25, 0.3) is 0 Å². The summed E-state index contributed by atoms with van der Waals surface area (Å²) in [6.45, 7) is 11.7. The van der Waals surface area contributed by atoms with Crippen LogP contribution >= 0.6 is 0 Å². The zero-order chi connectivity index (χ0) is 11.6. The molecule has 0 amide bonds. The van der Waals surface area contributed by atoms with E-state index < -0.39 is 12.1 Å². The second-order valence-electron chi connectivity index (χ2n) is 2.88. The topological polar surface area (TPSA) is 60.8 Å². The highest BCUT2D eigenvalue weighted by atomic mass is 16.4. The van der Waals surface area contributed by atoms with E-state index in [2.05, 4.69) is 25.7 Å². The van der Waals surface area contributed by atoms with Crippen molar-refractivity contribution in [1.29, 1.82) is 0 Å². The molecule has 0 aromatic rings. The van der Waals surface area contributed by atoms with Crippen molar-refractivity contribution in [2.45, 2.75) is 40.2 Å². The van der Waals surface area contributed by atoms with Crippen LogP contribution in [0.2, 0.25) is 0 Å². The Hall–Kier alpha value is -0.610. The molecule has 2 N–H and O–H groups in total. The average molecular weight is 205 g/mol. The minimum atomic E-state index is -1.18. The maximum Gasteiger partial charge on any atom is 0.332 e. The fraction of sp³-hybridized carbons (Fsp3) is 0.900. The predicted molar refractivity (Wildman–Crippen MR) is 57.4 cm³/mol. The Morgan fingerprint density at radius 1 is 1.14 bits per heavy atom. The lowest BCUT2D eigenvalue weighted by atomic mass is 10.3. The minimum absolute atomic E-state index is 0.273. The first-order valence-corrected chi connectivity index (χ1v) is 5.16. The lowest BCUT2D eigenvalue weighted by Gasteiger charge is -2.13. The summed E-state index contributed by atoms with van der Waals surface area (Å²) < 4.78 is 0. The minimum Gasteiger partial charge on any atom is -0.479 e. The third-order valence-corrected chi connectivity index (χ3v) is 2.01. The van der Waals surface area contributed by atoms with Crippen LogP contribution in [0.5, 0.6) is 0 Å². The van der Waals surface area contributed by atoms with E-state index in [1.54, 1.807) is 6.92 Å². The zero-order valence-corrected chi connectivity index (χ0v) is 9.66. The number of aliphatic hydroxyl groups excluding tert-OH is 1. The molecule has 0 saturated heterocycles. The molecule has 1 atom stereocenters. The number of carbonyl (C=O) groups is 1. The van der Waals surface area contributed by atoms with Crippen molar-refractivity contribution >= 4 is 5.97 Å². The number of nitrogens with zero attached hydrogens (tertiary/aromatic N) is 1. The van der Waals surface area contributed by atoms with Crippen molar-refractivity contribution in [2.24, 2.45) is 0 Å². The highest BCUT2D eigenvalue weighted by molar-refractivity contribution is 5.71. The third-order valence-electron chi connectivity index (χ3n) is 2.01. The summed E-state index contributed by atoms with van der Waals surface area (Å²) in [5.41, 5.74) is 0. The van der Waals surface area contributed by atoms with Gasteiger partial charge in [-0.05, 0) is 26.1 Å². The SMILES string of the molecule is CCC(O)C(=O)O.CCN(CC)CC. The second kappa shape index (κ2) is 10.5. The maximum atomic E-state index is 9.68. The zero-order valence-electron chi connectivity index (χ0n) is 9.66. The van der Waals surface area contributed by atoms with Crippen LogP contribution in [0, 0.1) is 0 Å². The van der Waals surface area contributed by atoms with E-state index in [-0.39, 0.29) is 6.42 Å². The van der Waals surface area contributed by atoms with Gasteiger partial charge in [-0.15, -0.1) is 0 Å². The van der Waals surface area contributed by atoms with Crippen molar-refractivity contribution in [3.05, 3.63) is 0 Å². The van der Waals surface area contributed by atoms with E-state index in [1.165, 1.54) is 19.6 Å². The second-order valence-corrected chi connectivity index (χ2v) is 2.88. The van der Waals surface area contributed by atoms with Gasteiger partial charge in [-0.2, -0.15) is 0 Å². The highest BCUT2D eigenvalue weighted by Gasteiger charge is 2.07. The normalized spacial score (nSPS) is 11.9. The summed E-state index contributed by atoms with van der Waals surface area (Å²) in [5, 5.41) is 16.3. The Bertz CT molecular complexity index is 130. The van der Waals surface area contributed by atoms with Crippen molar-refractivity contribution in [3.63, 3.8) is 0 Å². The Labute approximate surface area is 86.5 Å². The number of rotatable bonds is 5. The molecular weight excluding hydrogens is 182 g/mol. The molecule has 0 radical (unpaired) electrons. The lowest BCUT2D eigenvalue weighted by Crippen LogP contribution is -2.21. The molecule has 0 aliphatic carbocycles. The van der Waals surface area contributed by atoms with Gasteiger partial charge in [-0.1, -0.05) is 27.7 Å². The van der Waals surface area contributed by atoms with Crippen LogP contribution in [0.4, 0.5) is 0 Å². The molecule has 0 rings (SSSR count). The van der Waals surface area contributed by atoms with Crippen LogP contribution in [0.25, 0.3) is 0 Å². The molecule has 0 heterocycles. The molecule has 14 heavy (non-hydrogen) atoms. The quantitative estimate of drug-likeness (QED) is 0.707. The van der Waals surface area contributed by atoms with Crippen molar-refractivity contribution < 1.29 is 15.0 Å². The maximum absolute atomic E-state index is 9.68. The first kappa shape index (κ1) is 15.8. The summed E-state index contributed by atoms with van der Waals surface area (Å²) in [6.07, 6.45) is -0.907. The Morgan fingerprint density at radius 3 is 1.50 bits per heavy atom. The number of carboxylic acids is 1. The summed E-state index contributed by atoms with van der Waals surface area (Å²) in [4.78, 5) is 12.1. The third kappa shape index (κ3) is 9.48. The fourth-order valence-corrected chi connectivity index (χ4v) is 0.845. The number of hydrogen-bond acceptors (Lipinski definition) is 3. The molecule has 0 aromatic carbocycles. The van der Waals surface area contributed by atoms with Crippen LogP contribution in [0.15, 0.2) is 0 Å². The molecule has 0 aliphatic heterocycles. The van der Waals surface area contributed by atoms with E-state index in [0.717, 1.165) is 0 Å². The molecule has 0 fully saturated rings. The van der Waals surface area contributed by atoms with Crippen LogP contribution in [-0.4, -0.2) is 46.8 Å². The van der Waals surface area contributed by atoms with Gasteiger partial charge < -0.3 is 15.1 Å². The number of hydrogen-bond donors (Lipinski definition) is 2. The van der Waals surface area contributed by atoms with Gasteiger partial charge in [0, 0.05) is 0 Å². The fourth-order valence-electron chi connectivity index (χ4n) is 0.845. The summed E-state index contributed by atoms with van der Waals surface area (Å²) in [5.74, 6) is -1.15. The summed E-state index contributed by atoms with van der Waals surface area (Å²) in [6, 6.07) is 0. The summed E-state index contributed by atoms with van der Waals surface area (Å²) in [7, 11) is 0. The summed E-state index contributed by atoms with van der Waals surface area (Å²) >= 11 is 0. The first-order valence-electron chi connectivity index (χ1n) is 5.16. The highest BCUT2D eigenvalue weighted by Crippen LogP contribution is 1.86. The molecular formula is C10H23NO3. The molecule has 0 bridgehead atoms. The molecule has 0 saturated carbocycles. The monoisotopic (exact) mass is 205 g/mol. The Kier molecular flexibility index (Phi) is 11.9. The van der Waals surface area contributed by atoms with Crippen molar-refractivity contribution in [3.8, 4) is 0 Å². The van der Waals surface area contributed by atoms with Gasteiger partial charge >= 0.3 is 5.97 Å². The van der Waals surface area contributed by atoms with E-state index >= 15 is 0 Å². The molecule has 1 unspecified atom stereocenters. The number of aliphatic carboxylic acids is 1. The Morgan fingerprint density at radius 2 is 1.50 bits per heavy atom. The molecule has 0 aliphatic rings. The van der Waals surface area contributed by atoms with Crippen molar-refractivity contribution in [1.82, 2.24) is 4.90 Å². The Balaban J connectivity index is 0. The number of aliphatic hydroxyl groups is 1. The largest absolute Gasteiger partial charge is 0.479 e. The standard InChI is InChI=1S/C6H15N.C4H8O3/c1-4-7(5-2)6-3;1-2-3(5)4(6)7/h4-6H2,1-3H3;3,5H,2H2,1H3,(H,6,7). The van der Waals surface area contributed by atoms with E-state index in [4.69, 9.17) is 10.2 Å². The smallest absolute Gasteiger partial charge is 0.332 e. The van der Waals surface area contributed by atoms with Gasteiger partial charge in [0.1, 0.15) is 0 Å². The van der Waals surface area contributed by atoms with Gasteiger partial charge in [0.05, 0.1) is 0 Å². The van der Waals surface area contributed by atoms with Gasteiger partial charge in [0.15, 0.2) is 6.10 Å². The van der Waals surface area contributed by atoms with Gasteiger partial charge in [-0.3, -0.25) is 0 Å².